The summed E-state index contributed by atoms with van der Waals surface area (Å²) in [5.41, 5.74) is 5.78. The maximum absolute atomic E-state index is 12.1. The van der Waals surface area contributed by atoms with Crippen molar-refractivity contribution >= 4 is 44.7 Å². The van der Waals surface area contributed by atoms with Gasteiger partial charge in [0, 0.05) is 11.2 Å². The average molecular weight is 318 g/mol. The van der Waals surface area contributed by atoms with E-state index in [0.717, 1.165) is 6.20 Å². The quantitative estimate of drug-likeness (QED) is 0.911. The number of anilines is 2. The monoisotopic (exact) mass is 317 g/mol. The van der Waals surface area contributed by atoms with Crippen LogP contribution in [0.15, 0.2) is 41.4 Å². The number of benzene rings is 1. The molecule has 0 aliphatic rings. The summed E-state index contributed by atoms with van der Waals surface area (Å²) >= 11 is 11.5. The Labute approximate surface area is 120 Å². The molecule has 0 saturated heterocycles. The molecule has 0 amide bonds. The van der Waals surface area contributed by atoms with Gasteiger partial charge in [0.05, 0.1) is 10.7 Å². The van der Waals surface area contributed by atoms with Crippen LogP contribution in [0.4, 0.5) is 11.5 Å². The van der Waals surface area contributed by atoms with E-state index < -0.39 is 10.0 Å². The number of hydrogen-bond donors (Lipinski definition) is 2. The van der Waals surface area contributed by atoms with Gasteiger partial charge in [-0.1, -0.05) is 29.3 Å². The molecule has 0 bridgehead atoms. The van der Waals surface area contributed by atoms with Gasteiger partial charge < -0.3 is 5.73 Å². The van der Waals surface area contributed by atoms with Crippen molar-refractivity contribution in [1.29, 1.82) is 0 Å². The first-order chi connectivity index (χ1) is 8.88. The normalized spacial score (nSPS) is 11.3. The molecule has 0 spiro atoms. The first-order valence-electron chi connectivity index (χ1n) is 5.08. The van der Waals surface area contributed by atoms with Gasteiger partial charge in [0.2, 0.25) is 0 Å². The Morgan fingerprint density at radius 2 is 1.95 bits per heavy atom. The molecule has 2 aromatic rings. The molecule has 0 saturated carbocycles. The number of nitrogens with one attached hydrogen (secondary N) is 1. The maximum atomic E-state index is 12.1. The number of hydrogen-bond acceptors (Lipinski definition) is 4. The summed E-state index contributed by atoms with van der Waals surface area (Å²) in [6.45, 7) is 0. The number of nitrogens with two attached hydrogens (primary N) is 1. The molecular formula is C11H9Cl2N3O2S. The molecule has 0 radical (unpaired) electrons. The largest absolute Gasteiger partial charge is 0.382 e. The van der Waals surface area contributed by atoms with E-state index in [2.05, 4.69) is 9.71 Å². The highest BCUT2D eigenvalue weighted by atomic mass is 35.5. The van der Waals surface area contributed by atoms with E-state index in [-0.39, 0.29) is 15.7 Å². The summed E-state index contributed by atoms with van der Waals surface area (Å²) in [6, 6.07) is 7.58. The molecule has 1 heterocycles. The van der Waals surface area contributed by atoms with Gasteiger partial charge in [0.15, 0.2) is 0 Å². The molecular weight excluding hydrogens is 309 g/mol. The van der Waals surface area contributed by atoms with Crippen molar-refractivity contribution in [2.24, 2.45) is 0 Å². The first kappa shape index (κ1) is 13.9. The summed E-state index contributed by atoms with van der Waals surface area (Å²) in [7, 11) is -3.78. The third kappa shape index (κ3) is 3.28. The zero-order valence-electron chi connectivity index (χ0n) is 9.47. The van der Waals surface area contributed by atoms with E-state index in [1.54, 1.807) is 18.2 Å². The molecule has 100 valence electrons. The van der Waals surface area contributed by atoms with Gasteiger partial charge in [-0.2, -0.15) is 0 Å². The van der Waals surface area contributed by atoms with Gasteiger partial charge in [0.1, 0.15) is 10.7 Å². The van der Waals surface area contributed by atoms with Crippen LogP contribution in [0.1, 0.15) is 0 Å². The fourth-order valence-corrected chi connectivity index (χ4v) is 2.78. The molecule has 0 atom stereocenters. The molecule has 1 aromatic carbocycles. The molecule has 5 nitrogen and oxygen atoms in total. The topological polar surface area (TPSA) is 85.1 Å². The lowest BCUT2D eigenvalue weighted by atomic mass is 10.3. The van der Waals surface area contributed by atoms with Gasteiger partial charge >= 0.3 is 0 Å². The average Bonchev–Trinajstić information content (AvgIpc) is 2.32. The number of pyridine rings is 1. The van der Waals surface area contributed by atoms with E-state index in [9.17, 15) is 8.42 Å². The predicted molar refractivity (Wildman–Crippen MR) is 75.9 cm³/mol. The fraction of sp³-hybridized carbons (Fsp3) is 0. The van der Waals surface area contributed by atoms with Crippen LogP contribution in [0.5, 0.6) is 0 Å². The summed E-state index contributed by atoms with van der Waals surface area (Å²) < 4.78 is 26.5. The fourth-order valence-electron chi connectivity index (χ4n) is 1.34. The van der Waals surface area contributed by atoms with E-state index in [1.165, 1.54) is 12.1 Å². The lowest BCUT2D eigenvalue weighted by molar-refractivity contribution is 0.601. The van der Waals surface area contributed by atoms with Crippen molar-refractivity contribution in [1.82, 2.24) is 4.98 Å². The predicted octanol–water partition coefficient (Wildman–Crippen LogP) is 2.77. The van der Waals surface area contributed by atoms with Crippen molar-refractivity contribution < 1.29 is 8.42 Å². The van der Waals surface area contributed by atoms with E-state index in [1.807, 2.05) is 0 Å². The Morgan fingerprint density at radius 1 is 1.21 bits per heavy atom. The van der Waals surface area contributed by atoms with Crippen LogP contribution in [0.2, 0.25) is 10.0 Å². The zero-order valence-corrected chi connectivity index (χ0v) is 11.8. The number of halogens is 2. The minimum absolute atomic E-state index is 0.0726. The van der Waals surface area contributed by atoms with Crippen molar-refractivity contribution in [2.75, 3.05) is 10.5 Å². The van der Waals surface area contributed by atoms with Gasteiger partial charge in [-0.15, -0.1) is 0 Å². The second kappa shape index (κ2) is 5.24. The molecule has 3 N–H and O–H groups in total. The number of aromatic nitrogens is 1. The van der Waals surface area contributed by atoms with Crippen molar-refractivity contribution in [3.05, 3.63) is 46.6 Å². The zero-order chi connectivity index (χ0) is 14.0. The SMILES string of the molecule is Nc1ncc(S(=O)(=O)Nc2cccc(Cl)c2)cc1Cl. The third-order valence-corrected chi connectivity index (χ3v) is 4.12. The van der Waals surface area contributed by atoms with Crippen LogP contribution in [-0.4, -0.2) is 13.4 Å². The smallest absolute Gasteiger partial charge is 0.263 e. The molecule has 2 rings (SSSR count). The van der Waals surface area contributed by atoms with Crippen LogP contribution < -0.4 is 10.5 Å². The molecule has 0 fully saturated rings. The summed E-state index contributed by atoms with van der Waals surface area (Å²) in [5.74, 6) is 0.0726. The van der Waals surface area contributed by atoms with Gasteiger partial charge in [0.25, 0.3) is 10.0 Å². The molecule has 1 aromatic heterocycles. The highest BCUT2D eigenvalue weighted by Crippen LogP contribution is 2.23. The van der Waals surface area contributed by atoms with Gasteiger partial charge in [-0.25, -0.2) is 13.4 Å². The van der Waals surface area contributed by atoms with Crippen LogP contribution in [0.25, 0.3) is 0 Å². The molecule has 0 unspecified atom stereocenters. The highest BCUT2D eigenvalue weighted by Gasteiger charge is 2.16. The Hall–Kier alpha value is -1.50. The van der Waals surface area contributed by atoms with Crippen LogP contribution in [0, 0.1) is 0 Å². The second-order valence-electron chi connectivity index (χ2n) is 3.65. The first-order valence-corrected chi connectivity index (χ1v) is 7.32. The highest BCUT2D eigenvalue weighted by molar-refractivity contribution is 7.92. The van der Waals surface area contributed by atoms with Crippen LogP contribution in [0.3, 0.4) is 0 Å². The van der Waals surface area contributed by atoms with E-state index >= 15 is 0 Å². The Bertz CT molecular complexity index is 720. The summed E-state index contributed by atoms with van der Waals surface area (Å²) in [4.78, 5) is 3.63. The Morgan fingerprint density at radius 3 is 2.58 bits per heavy atom. The number of rotatable bonds is 3. The Kier molecular flexibility index (Phi) is 3.84. The maximum Gasteiger partial charge on any atom is 0.263 e. The van der Waals surface area contributed by atoms with E-state index in [4.69, 9.17) is 28.9 Å². The number of nitrogen functional groups attached to an aromatic ring is 1. The Balaban J connectivity index is 2.35. The summed E-state index contributed by atoms with van der Waals surface area (Å²) in [5, 5.41) is 0.502. The van der Waals surface area contributed by atoms with Crippen LogP contribution in [-0.2, 0) is 10.0 Å². The minimum Gasteiger partial charge on any atom is -0.382 e. The van der Waals surface area contributed by atoms with Gasteiger partial charge in [-0.05, 0) is 24.3 Å². The minimum atomic E-state index is -3.78. The van der Waals surface area contributed by atoms with Crippen molar-refractivity contribution in [3.63, 3.8) is 0 Å². The standard InChI is InChI=1S/C11H9Cl2N3O2S/c12-7-2-1-3-8(4-7)16-19(17,18)9-5-10(13)11(14)15-6-9/h1-6,16H,(H2,14,15). The third-order valence-electron chi connectivity index (χ3n) is 2.23. The summed E-state index contributed by atoms with van der Waals surface area (Å²) in [6.07, 6.45) is 1.13. The molecule has 19 heavy (non-hydrogen) atoms. The number of sulfonamides is 1. The van der Waals surface area contributed by atoms with Crippen molar-refractivity contribution in [3.8, 4) is 0 Å². The second-order valence-corrected chi connectivity index (χ2v) is 6.18. The lowest BCUT2D eigenvalue weighted by Crippen LogP contribution is -2.13. The molecule has 0 aliphatic heterocycles. The number of nitrogens with zero attached hydrogens (tertiary/aromatic N) is 1. The molecule has 0 aliphatic carbocycles. The van der Waals surface area contributed by atoms with Gasteiger partial charge in [-0.3, -0.25) is 4.72 Å². The van der Waals surface area contributed by atoms with Crippen LogP contribution >= 0.6 is 23.2 Å². The molecule has 8 heteroatoms. The van der Waals surface area contributed by atoms with Crippen molar-refractivity contribution in [2.45, 2.75) is 4.90 Å². The van der Waals surface area contributed by atoms with E-state index in [0.29, 0.717) is 10.7 Å². The lowest BCUT2D eigenvalue weighted by Gasteiger charge is -2.08.